The zero-order chi connectivity index (χ0) is 8.70. The van der Waals surface area contributed by atoms with E-state index < -0.39 is 16.0 Å². The fourth-order valence-electron chi connectivity index (χ4n) is 0.755. The minimum Gasteiger partial charge on any atom is -0.248 e. The summed E-state index contributed by atoms with van der Waals surface area (Å²) in [6.07, 6.45) is 0. The summed E-state index contributed by atoms with van der Waals surface area (Å²) in [5.74, 6) is 0.0889. The average molecular weight is 180 g/mol. The van der Waals surface area contributed by atoms with Crippen LogP contribution in [0.5, 0.6) is 0 Å². The molecule has 1 saturated heterocycles. The Kier molecular flexibility index (Phi) is 1.98. The molecular formula is C6H12O4S. The molecular weight excluding hydrogens is 168 g/mol. The van der Waals surface area contributed by atoms with Crippen molar-refractivity contribution in [1.82, 2.24) is 0 Å². The van der Waals surface area contributed by atoms with Gasteiger partial charge in [-0.25, -0.2) is 8.37 Å². The molecule has 0 N–H and O–H groups in total. The van der Waals surface area contributed by atoms with Gasteiger partial charge in [0.25, 0.3) is 0 Å². The highest BCUT2D eigenvalue weighted by molar-refractivity contribution is 7.81. The Labute approximate surface area is 66.8 Å². The fraction of sp³-hybridized carbons (Fsp3) is 1.00. The van der Waals surface area contributed by atoms with Crippen molar-refractivity contribution in [2.45, 2.75) is 26.4 Å². The van der Waals surface area contributed by atoms with Gasteiger partial charge in [0.2, 0.25) is 0 Å². The first-order chi connectivity index (χ1) is 4.83. The van der Waals surface area contributed by atoms with Gasteiger partial charge in [-0.2, -0.15) is 8.42 Å². The number of rotatable bonds is 0. The maximum absolute atomic E-state index is 10.8. The maximum atomic E-state index is 10.8. The van der Waals surface area contributed by atoms with Crippen LogP contribution >= 0.6 is 0 Å². The first-order valence-corrected chi connectivity index (χ1v) is 4.77. The molecule has 66 valence electrons. The molecule has 4 nitrogen and oxygen atoms in total. The van der Waals surface area contributed by atoms with Gasteiger partial charge in [-0.3, -0.25) is 0 Å². The number of hydrogen-bond acceptors (Lipinski definition) is 4. The van der Waals surface area contributed by atoms with Crippen molar-refractivity contribution in [2.75, 3.05) is 6.61 Å². The van der Waals surface area contributed by atoms with Crippen molar-refractivity contribution >= 4 is 10.4 Å². The van der Waals surface area contributed by atoms with Crippen LogP contribution in [0.4, 0.5) is 0 Å². The predicted molar refractivity (Wildman–Crippen MR) is 39.2 cm³/mol. The van der Waals surface area contributed by atoms with E-state index in [1.165, 1.54) is 0 Å². The summed E-state index contributed by atoms with van der Waals surface area (Å²) < 4.78 is 30.7. The van der Waals surface area contributed by atoms with Crippen LogP contribution in [-0.2, 0) is 18.8 Å². The predicted octanol–water partition coefficient (Wildman–Crippen LogP) is 0.693. The van der Waals surface area contributed by atoms with Crippen molar-refractivity contribution in [2.24, 2.45) is 5.92 Å². The van der Waals surface area contributed by atoms with Crippen LogP contribution in [0.15, 0.2) is 0 Å². The Morgan fingerprint density at radius 1 is 1.45 bits per heavy atom. The van der Waals surface area contributed by atoms with Gasteiger partial charge >= 0.3 is 10.4 Å². The van der Waals surface area contributed by atoms with Crippen molar-refractivity contribution in [1.29, 1.82) is 0 Å². The minimum atomic E-state index is -3.72. The van der Waals surface area contributed by atoms with Crippen LogP contribution in [0.3, 0.4) is 0 Å². The highest BCUT2D eigenvalue weighted by Crippen LogP contribution is 2.28. The van der Waals surface area contributed by atoms with Crippen LogP contribution < -0.4 is 0 Å². The van der Waals surface area contributed by atoms with Gasteiger partial charge < -0.3 is 0 Å². The third kappa shape index (κ3) is 1.91. The van der Waals surface area contributed by atoms with Crippen LogP contribution in [0, 0.1) is 5.92 Å². The Bertz CT molecular complexity index is 241. The fourth-order valence-corrected chi connectivity index (χ4v) is 1.86. The molecule has 1 atom stereocenters. The van der Waals surface area contributed by atoms with E-state index in [1.54, 1.807) is 13.8 Å². The molecule has 0 amide bonds. The average Bonchev–Trinajstić information content (AvgIpc) is 1.77. The van der Waals surface area contributed by atoms with Crippen molar-refractivity contribution in [3.05, 3.63) is 0 Å². The lowest BCUT2D eigenvalue weighted by atomic mass is 9.94. The van der Waals surface area contributed by atoms with E-state index in [0.717, 1.165) is 0 Å². The highest BCUT2D eigenvalue weighted by Gasteiger charge is 2.38. The normalized spacial score (nSPS) is 35.0. The summed E-state index contributed by atoms with van der Waals surface area (Å²) >= 11 is 0. The standard InChI is InChI=1S/C6H12O4S/c1-5-4-9-11(7,8)10-6(5,2)3/h5H,4H2,1-3H3. The molecule has 0 aromatic carbocycles. The first-order valence-electron chi connectivity index (χ1n) is 3.43. The van der Waals surface area contributed by atoms with Gasteiger partial charge in [0.1, 0.15) is 0 Å². The Balaban J connectivity index is 2.83. The van der Waals surface area contributed by atoms with Gasteiger partial charge in [-0.05, 0) is 13.8 Å². The van der Waals surface area contributed by atoms with Crippen LogP contribution in [-0.4, -0.2) is 20.6 Å². The molecule has 0 aromatic rings. The Hall–Kier alpha value is -0.130. The van der Waals surface area contributed by atoms with Gasteiger partial charge in [0, 0.05) is 5.92 Å². The minimum absolute atomic E-state index is 0.0889. The van der Waals surface area contributed by atoms with E-state index in [2.05, 4.69) is 4.18 Å². The summed E-state index contributed by atoms with van der Waals surface area (Å²) in [6, 6.07) is 0. The quantitative estimate of drug-likeness (QED) is 0.550. The van der Waals surface area contributed by atoms with Crippen LogP contribution in [0.1, 0.15) is 20.8 Å². The summed E-state index contributed by atoms with van der Waals surface area (Å²) in [4.78, 5) is 0. The lowest BCUT2D eigenvalue weighted by molar-refractivity contribution is -0.0193. The second kappa shape index (κ2) is 2.43. The molecule has 1 heterocycles. The smallest absolute Gasteiger partial charge is 0.248 e. The van der Waals surface area contributed by atoms with Gasteiger partial charge in [0.05, 0.1) is 12.2 Å². The van der Waals surface area contributed by atoms with Crippen molar-refractivity contribution < 1.29 is 16.8 Å². The summed E-state index contributed by atoms with van der Waals surface area (Å²) in [7, 11) is -3.72. The van der Waals surface area contributed by atoms with E-state index in [9.17, 15) is 8.42 Å². The highest BCUT2D eigenvalue weighted by atomic mass is 32.3. The molecule has 0 bridgehead atoms. The topological polar surface area (TPSA) is 52.6 Å². The Morgan fingerprint density at radius 2 is 2.00 bits per heavy atom. The van der Waals surface area contributed by atoms with Gasteiger partial charge in [-0.1, -0.05) is 6.92 Å². The largest absolute Gasteiger partial charge is 0.400 e. The monoisotopic (exact) mass is 180 g/mol. The van der Waals surface area contributed by atoms with E-state index in [-0.39, 0.29) is 12.5 Å². The third-order valence-corrected chi connectivity index (χ3v) is 3.02. The van der Waals surface area contributed by atoms with E-state index >= 15 is 0 Å². The molecule has 11 heavy (non-hydrogen) atoms. The summed E-state index contributed by atoms with van der Waals surface area (Å²) in [6.45, 7) is 5.56. The summed E-state index contributed by atoms with van der Waals surface area (Å²) in [5, 5.41) is 0. The molecule has 0 saturated carbocycles. The molecule has 1 aliphatic heterocycles. The van der Waals surface area contributed by atoms with Crippen molar-refractivity contribution in [3.63, 3.8) is 0 Å². The van der Waals surface area contributed by atoms with Crippen LogP contribution in [0.25, 0.3) is 0 Å². The van der Waals surface area contributed by atoms with E-state index in [4.69, 9.17) is 4.18 Å². The van der Waals surface area contributed by atoms with Crippen LogP contribution in [0.2, 0.25) is 0 Å². The van der Waals surface area contributed by atoms with E-state index in [0.29, 0.717) is 0 Å². The van der Waals surface area contributed by atoms with Gasteiger partial charge in [0.15, 0.2) is 0 Å². The number of hydrogen-bond donors (Lipinski definition) is 0. The molecule has 0 radical (unpaired) electrons. The summed E-state index contributed by atoms with van der Waals surface area (Å²) in [5.41, 5.74) is -0.642. The zero-order valence-corrected chi connectivity index (χ0v) is 7.64. The molecule has 0 aromatic heterocycles. The Morgan fingerprint density at radius 3 is 2.36 bits per heavy atom. The lowest BCUT2D eigenvalue weighted by Gasteiger charge is -2.34. The van der Waals surface area contributed by atoms with Crippen molar-refractivity contribution in [3.8, 4) is 0 Å². The lowest BCUT2D eigenvalue weighted by Crippen LogP contribution is -2.43. The molecule has 1 unspecified atom stereocenters. The molecule has 0 aliphatic carbocycles. The third-order valence-electron chi connectivity index (χ3n) is 1.97. The second-order valence-corrected chi connectivity index (χ2v) is 4.50. The maximum Gasteiger partial charge on any atom is 0.400 e. The second-order valence-electron chi connectivity index (χ2n) is 3.28. The van der Waals surface area contributed by atoms with Gasteiger partial charge in [-0.15, -0.1) is 0 Å². The molecule has 1 rings (SSSR count). The molecule has 0 spiro atoms. The zero-order valence-electron chi connectivity index (χ0n) is 6.83. The van der Waals surface area contributed by atoms with E-state index in [1.807, 2.05) is 6.92 Å². The SMILES string of the molecule is CC1COS(=O)(=O)OC1(C)C. The first kappa shape index (κ1) is 8.96. The molecule has 1 aliphatic rings. The molecule has 1 fully saturated rings. The molecule has 5 heteroatoms.